The fourth-order valence-electron chi connectivity index (χ4n) is 1.28. The molecule has 0 saturated carbocycles. The minimum absolute atomic E-state index is 0.0379. The Morgan fingerprint density at radius 2 is 1.83 bits per heavy atom. The van der Waals surface area contributed by atoms with E-state index in [-0.39, 0.29) is 10.3 Å². The van der Waals surface area contributed by atoms with Crippen LogP contribution in [0.25, 0.3) is 0 Å². The molecule has 1 aromatic carbocycles. The first-order valence-corrected chi connectivity index (χ1v) is 7.32. The Labute approximate surface area is 110 Å². The fraction of sp³-hybridized carbons (Fsp3) is 0.455. The molecular formula is C11H14ClF2NO2S. The minimum atomic E-state index is -4.51. The highest BCUT2D eigenvalue weighted by Crippen LogP contribution is 2.20. The molecule has 0 bridgehead atoms. The molecule has 1 N–H and O–H groups in total. The Kier molecular flexibility index (Phi) is 5.34. The van der Waals surface area contributed by atoms with Crippen LogP contribution in [0.5, 0.6) is 0 Å². The van der Waals surface area contributed by atoms with Gasteiger partial charge in [0, 0.05) is 17.6 Å². The molecule has 0 aromatic heterocycles. The lowest BCUT2D eigenvalue weighted by Crippen LogP contribution is -2.11. The summed E-state index contributed by atoms with van der Waals surface area (Å²) < 4.78 is 46.9. The van der Waals surface area contributed by atoms with Gasteiger partial charge in [-0.1, -0.05) is 0 Å². The quantitative estimate of drug-likeness (QED) is 0.821. The second-order valence-corrected chi connectivity index (χ2v) is 6.49. The van der Waals surface area contributed by atoms with E-state index in [4.69, 9.17) is 11.6 Å². The van der Waals surface area contributed by atoms with Crippen molar-refractivity contribution in [3.05, 3.63) is 24.3 Å². The van der Waals surface area contributed by atoms with E-state index in [0.717, 1.165) is 18.6 Å². The van der Waals surface area contributed by atoms with Gasteiger partial charge in [0.15, 0.2) is 0 Å². The number of hydrogen-bond acceptors (Lipinski definition) is 3. The molecule has 0 aliphatic carbocycles. The van der Waals surface area contributed by atoms with E-state index >= 15 is 0 Å². The van der Waals surface area contributed by atoms with Gasteiger partial charge in [-0.15, -0.1) is 11.6 Å². The Hall–Kier alpha value is -0.880. The van der Waals surface area contributed by atoms with E-state index in [9.17, 15) is 17.2 Å². The largest absolute Gasteiger partial charge is 0.385 e. The van der Waals surface area contributed by atoms with Crippen LogP contribution in [0.3, 0.4) is 0 Å². The molecule has 0 spiro atoms. The average molecular weight is 298 g/mol. The lowest BCUT2D eigenvalue weighted by molar-refractivity contribution is 0.234. The molecule has 102 valence electrons. The summed E-state index contributed by atoms with van der Waals surface area (Å²) in [5.41, 5.74) is 0.667. The third kappa shape index (κ3) is 4.10. The summed E-state index contributed by atoms with van der Waals surface area (Å²) in [5, 5.41) is 3.06. The van der Waals surface area contributed by atoms with Gasteiger partial charge >= 0.3 is 5.76 Å². The van der Waals surface area contributed by atoms with E-state index in [2.05, 4.69) is 5.32 Å². The third-order valence-corrected chi connectivity index (χ3v) is 3.91. The monoisotopic (exact) mass is 297 g/mol. The molecule has 0 radical (unpaired) electrons. The smallest absolute Gasteiger partial charge is 0.341 e. The number of alkyl halides is 3. The van der Waals surface area contributed by atoms with Crippen molar-refractivity contribution in [2.75, 3.05) is 11.9 Å². The van der Waals surface area contributed by atoms with Gasteiger partial charge in [-0.3, -0.25) is 0 Å². The van der Waals surface area contributed by atoms with Crippen LogP contribution in [0.4, 0.5) is 14.5 Å². The Morgan fingerprint density at radius 1 is 1.28 bits per heavy atom. The minimum Gasteiger partial charge on any atom is -0.385 e. The highest BCUT2D eigenvalue weighted by Gasteiger charge is 2.26. The third-order valence-electron chi connectivity index (χ3n) is 2.29. The molecule has 0 aliphatic rings. The SMILES string of the molecule is CC(Cl)CCNc1ccc(S(=O)(=O)C(F)F)cc1. The number of halogens is 3. The standard InChI is InChI=1S/C11H14ClF2NO2S/c1-8(12)6-7-15-9-2-4-10(5-3-9)18(16,17)11(13)14/h2-5,8,11,15H,6-7H2,1H3. The Bertz CT molecular complexity index is 474. The number of anilines is 1. The lowest BCUT2D eigenvalue weighted by Gasteiger charge is -2.08. The predicted octanol–water partition coefficient (Wildman–Crippen LogP) is 3.11. The maximum Gasteiger partial charge on any atom is 0.341 e. The van der Waals surface area contributed by atoms with Crippen LogP contribution in [-0.2, 0) is 9.84 Å². The van der Waals surface area contributed by atoms with Crippen LogP contribution in [0.1, 0.15) is 13.3 Å². The maximum atomic E-state index is 12.3. The van der Waals surface area contributed by atoms with Crippen LogP contribution in [0, 0.1) is 0 Å². The van der Waals surface area contributed by atoms with E-state index in [1.165, 1.54) is 12.1 Å². The molecule has 7 heteroatoms. The molecule has 1 aromatic rings. The first-order chi connectivity index (χ1) is 8.34. The van der Waals surface area contributed by atoms with E-state index in [1.54, 1.807) is 0 Å². The second kappa shape index (κ2) is 6.33. The van der Waals surface area contributed by atoms with Gasteiger partial charge in [-0.2, -0.15) is 8.78 Å². The molecule has 1 rings (SSSR count). The van der Waals surface area contributed by atoms with Crippen molar-refractivity contribution in [2.45, 2.75) is 29.4 Å². The maximum absolute atomic E-state index is 12.3. The summed E-state index contributed by atoms with van der Waals surface area (Å²) in [4.78, 5) is -0.381. The van der Waals surface area contributed by atoms with E-state index in [0.29, 0.717) is 12.2 Å². The zero-order valence-corrected chi connectivity index (χ0v) is 11.3. The Balaban J connectivity index is 2.69. The first kappa shape index (κ1) is 15.2. The number of benzene rings is 1. The highest BCUT2D eigenvalue weighted by atomic mass is 35.5. The van der Waals surface area contributed by atoms with Gasteiger partial charge < -0.3 is 5.32 Å². The topological polar surface area (TPSA) is 46.2 Å². The molecule has 1 unspecified atom stereocenters. The van der Waals surface area contributed by atoms with Crippen LogP contribution < -0.4 is 5.32 Å². The number of hydrogen-bond donors (Lipinski definition) is 1. The lowest BCUT2D eigenvalue weighted by atomic mass is 10.3. The molecule has 0 amide bonds. The van der Waals surface area contributed by atoms with Gasteiger partial charge in [-0.05, 0) is 37.6 Å². The Morgan fingerprint density at radius 3 is 2.28 bits per heavy atom. The fourth-order valence-corrected chi connectivity index (χ4v) is 2.11. The summed E-state index contributed by atoms with van der Waals surface area (Å²) in [6.45, 7) is 2.49. The van der Waals surface area contributed by atoms with Crippen LogP contribution in [0.2, 0.25) is 0 Å². The zero-order valence-electron chi connectivity index (χ0n) is 9.74. The number of rotatable bonds is 6. The van der Waals surface area contributed by atoms with Gasteiger partial charge in [-0.25, -0.2) is 8.42 Å². The summed E-state index contributed by atoms with van der Waals surface area (Å²) >= 11 is 5.76. The summed E-state index contributed by atoms with van der Waals surface area (Å²) in [6, 6.07) is 5.23. The predicted molar refractivity (Wildman–Crippen MR) is 68.1 cm³/mol. The summed E-state index contributed by atoms with van der Waals surface area (Å²) in [6.07, 6.45) is 0.749. The summed E-state index contributed by atoms with van der Waals surface area (Å²) in [5.74, 6) is -3.39. The van der Waals surface area contributed by atoms with Crippen molar-refractivity contribution in [1.29, 1.82) is 0 Å². The normalized spacial score (nSPS) is 13.6. The van der Waals surface area contributed by atoms with E-state index in [1.807, 2.05) is 6.92 Å². The van der Waals surface area contributed by atoms with Crippen molar-refractivity contribution < 1.29 is 17.2 Å². The first-order valence-electron chi connectivity index (χ1n) is 5.34. The molecule has 0 aliphatic heterocycles. The van der Waals surface area contributed by atoms with Crippen molar-refractivity contribution in [1.82, 2.24) is 0 Å². The average Bonchev–Trinajstić information content (AvgIpc) is 2.29. The van der Waals surface area contributed by atoms with Crippen molar-refractivity contribution in [3.63, 3.8) is 0 Å². The van der Waals surface area contributed by atoms with Gasteiger partial charge in [0.1, 0.15) is 0 Å². The second-order valence-electron chi connectivity index (χ2n) is 3.83. The molecular weight excluding hydrogens is 284 g/mol. The van der Waals surface area contributed by atoms with E-state index < -0.39 is 15.6 Å². The van der Waals surface area contributed by atoms with Crippen LogP contribution in [0.15, 0.2) is 29.2 Å². The van der Waals surface area contributed by atoms with Gasteiger partial charge in [0.05, 0.1) is 4.90 Å². The van der Waals surface area contributed by atoms with Crippen LogP contribution >= 0.6 is 11.6 Å². The molecule has 0 fully saturated rings. The number of nitrogens with one attached hydrogen (secondary N) is 1. The van der Waals surface area contributed by atoms with Crippen molar-refractivity contribution in [3.8, 4) is 0 Å². The van der Waals surface area contributed by atoms with Gasteiger partial charge in [0.2, 0.25) is 9.84 Å². The molecule has 1 atom stereocenters. The van der Waals surface area contributed by atoms with Crippen molar-refractivity contribution in [2.24, 2.45) is 0 Å². The molecule has 18 heavy (non-hydrogen) atoms. The van der Waals surface area contributed by atoms with Crippen molar-refractivity contribution >= 4 is 27.1 Å². The summed E-state index contributed by atoms with van der Waals surface area (Å²) in [7, 11) is -4.51. The zero-order chi connectivity index (χ0) is 13.8. The molecule has 0 heterocycles. The molecule has 0 saturated heterocycles. The van der Waals surface area contributed by atoms with Crippen LogP contribution in [-0.4, -0.2) is 26.1 Å². The number of sulfone groups is 1. The molecule has 3 nitrogen and oxygen atoms in total. The van der Waals surface area contributed by atoms with Gasteiger partial charge in [0.25, 0.3) is 0 Å². The highest BCUT2D eigenvalue weighted by molar-refractivity contribution is 7.91.